The number of aromatic nitrogens is 1. The van der Waals surface area contributed by atoms with Crippen LogP contribution in [0.15, 0.2) is 12.1 Å². The van der Waals surface area contributed by atoms with Crippen molar-refractivity contribution >= 4 is 17.8 Å². The Balaban J connectivity index is 1.47. The lowest BCUT2D eigenvalue weighted by Gasteiger charge is -2.29. The van der Waals surface area contributed by atoms with E-state index in [2.05, 4.69) is 27.7 Å². The van der Waals surface area contributed by atoms with Crippen molar-refractivity contribution in [3.8, 4) is 0 Å². The molecule has 1 fully saturated rings. The fourth-order valence-corrected chi connectivity index (χ4v) is 5.21. The van der Waals surface area contributed by atoms with Crippen LogP contribution in [-0.4, -0.2) is 89.4 Å². The second-order valence-electron chi connectivity index (χ2n) is 10.1. The molecule has 3 unspecified atom stereocenters. The van der Waals surface area contributed by atoms with Crippen LogP contribution in [0.25, 0.3) is 0 Å². The van der Waals surface area contributed by atoms with E-state index in [9.17, 15) is 14.7 Å². The number of urea groups is 1. The van der Waals surface area contributed by atoms with E-state index >= 15 is 0 Å². The fraction of sp³-hybridized carbons (Fsp3) is 0.741. The van der Waals surface area contributed by atoms with E-state index in [1.165, 1.54) is 5.56 Å². The van der Waals surface area contributed by atoms with Crippen molar-refractivity contribution in [2.24, 2.45) is 0 Å². The highest BCUT2D eigenvalue weighted by Crippen LogP contribution is 2.23. The van der Waals surface area contributed by atoms with Gasteiger partial charge in [0.05, 0.1) is 6.61 Å². The maximum absolute atomic E-state index is 12.8. The summed E-state index contributed by atoms with van der Waals surface area (Å²) in [6.45, 7) is 10.5. The van der Waals surface area contributed by atoms with Gasteiger partial charge in [0.2, 0.25) is 0 Å². The summed E-state index contributed by atoms with van der Waals surface area (Å²) in [5.74, 6) is 0.0521. The number of ether oxygens (including phenoxy) is 1. The molecule has 1 aromatic heterocycles. The van der Waals surface area contributed by atoms with Crippen molar-refractivity contribution < 1.29 is 19.4 Å². The minimum Gasteiger partial charge on any atom is -0.480 e. The molecule has 202 valence electrons. The summed E-state index contributed by atoms with van der Waals surface area (Å²) in [4.78, 5) is 33.5. The summed E-state index contributed by atoms with van der Waals surface area (Å²) < 4.78 is 5.55. The molecule has 1 saturated heterocycles. The molecule has 3 heterocycles. The van der Waals surface area contributed by atoms with Gasteiger partial charge >= 0.3 is 12.0 Å². The molecule has 0 spiro atoms. The number of carboxylic acid groups (broad SMARTS) is 1. The Morgan fingerprint density at radius 1 is 1.22 bits per heavy atom. The first kappa shape index (κ1) is 28.2. The standard InChI is InChI=1S/C27H45N5O4/c1-4-36-19-18-31(16-6-5-9-23-13-12-22-8-7-15-28-25(22)29-23)17-14-24(26(33)34)30-27(35)32-20(2)10-11-21(32)3/h12-13,20-21,24H,4-11,14-19H2,1-3H3,(H,28,29)(H,30,35)(H,33,34). The summed E-state index contributed by atoms with van der Waals surface area (Å²) >= 11 is 0. The number of carbonyl (C=O) groups is 2. The number of nitrogens with one attached hydrogen (secondary N) is 2. The number of aryl methyl sites for hydroxylation is 2. The Hall–Kier alpha value is -2.39. The number of rotatable bonds is 14. The van der Waals surface area contributed by atoms with Gasteiger partial charge in [-0.3, -0.25) is 0 Å². The van der Waals surface area contributed by atoms with E-state index in [4.69, 9.17) is 9.72 Å². The molecule has 1 aromatic rings. The van der Waals surface area contributed by atoms with Crippen molar-refractivity contribution in [3.63, 3.8) is 0 Å². The third kappa shape index (κ3) is 8.34. The smallest absolute Gasteiger partial charge is 0.326 e. The number of amides is 2. The van der Waals surface area contributed by atoms with Gasteiger partial charge in [-0.25, -0.2) is 14.6 Å². The highest BCUT2D eigenvalue weighted by molar-refractivity contribution is 5.83. The van der Waals surface area contributed by atoms with Crippen LogP contribution in [0.5, 0.6) is 0 Å². The maximum Gasteiger partial charge on any atom is 0.326 e. The van der Waals surface area contributed by atoms with Gasteiger partial charge in [0.1, 0.15) is 11.9 Å². The van der Waals surface area contributed by atoms with Crippen molar-refractivity contribution in [3.05, 3.63) is 23.4 Å². The molecule has 2 amide bonds. The number of fused-ring (bicyclic) bond motifs is 1. The molecule has 0 aliphatic carbocycles. The molecule has 0 bridgehead atoms. The predicted molar refractivity (Wildman–Crippen MR) is 141 cm³/mol. The van der Waals surface area contributed by atoms with E-state index in [0.29, 0.717) is 26.2 Å². The summed E-state index contributed by atoms with van der Waals surface area (Å²) in [5.41, 5.74) is 2.42. The van der Waals surface area contributed by atoms with Gasteiger partial charge in [-0.05, 0) is 90.3 Å². The number of nitrogens with zero attached hydrogens (tertiary/aromatic N) is 3. The average Bonchev–Trinajstić information content (AvgIpc) is 3.21. The topological polar surface area (TPSA) is 107 Å². The van der Waals surface area contributed by atoms with Crippen molar-refractivity contribution in [2.75, 3.05) is 44.7 Å². The van der Waals surface area contributed by atoms with E-state index in [0.717, 1.165) is 76.1 Å². The minimum atomic E-state index is -0.986. The SMILES string of the molecule is CCOCCN(CCCCc1ccc2c(n1)NCCC2)CCC(NC(=O)N1C(C)CCC1C)C(=O)O. The quantitative estimate of drug-likeness (QED) is 0.334. The van der Waals surface area contributed by atoms with Gasteiger partial charge in [0.15, 0.2) is 0 Å². The number of carbonyl (C=O) groups excluding carboxylic acids is 1. The molecule has 36 heavy (non-hydrogen) atoms. The molecule has 3 atom stereocenters. The van der Waals surface area contributed by atoms with Crippen LogP contribution in [0, 0.1) is 0 Å². The summed E-state index contributed by atoms with van der Waals surface area (Å²) in [6.07, 6.45) is 7.46. The first-order valence-electron chi connectivity index (χ1n) is 13.7. The minimum absolute atomic E-state index is 0.137. The van der Waals surface area contributed by atoms with E-state index < -0.39 is 12.0 Å². The summed E-state index contributed by atoms with van der Waals surface area (Å²) in [6, 6.07) is 3.44. The molecule has 0 radical (unpaired) electrons. The van der Waals surface area contributed by atoms with Gasteiger partial charge < -0.3 is 30.3 Å². The molecule has 0 saturated carbocycles. The van der Waals surface area contributed by atoms with Crippen molar-refractivity contribution in [1.29, 1.82) is 0 Å². The number of likely N-dealkylation sites (tertiary alicyclic amines) is 1. The normalized spacial score (nSPS) is 20.2. The Bertz CT molecular complexity index is 841. The van der Waals surface area contributed by atoms with E-state index in [1.807, 2.05) is 20.8 Å². The highest BCUT2D eigenvalue weighted by Gasteiger charge is 2.33. The van der Waals surface area contributed by atoms with Crippen LogP contribution in [0.3, 0.4) is 0 Å². The molecule has 3 rings (SSSR count). The third-order valence-corrected chi connectivity index (χ3v) is 7.38. The molecule has 0 aromatic carbocycles. The Kier molecular flexibility index (Phi) is 11.3. The van der Waals surface area contributed by atoms with E-state index in [-0.39, 0.29) is 18.1 Å². The van der Waals surface area contributed by atoms with Crippen LogP contribution < -0.4 is 10.6 Å². The third-order valence-electron chi connectivity index (χ3n) is 7.38. The summed E-state index contributed by atoms with van der Waals surface area (Å²) in [5, 5.41) is 15.9. The fourth-order valence-electron chi connectivity index (χ4n) is 5.21. The maximum atomic E-state index is 12.8. The van der Waals surface area contributed by atoms with Gasteiger partial charge in [0, 0.05) is 44.0 Å². The van der Waals surface area contributed by atoms with Gasteiger partial charge in [-0.2, -0.15) is 0 Å². The Morgan fingerprint density at radius 3 is 2.72 bits per heavy atom. The van der Waals surface area contributed by atoms with Crippen LogP contribution >= 0.6 is 0 Å². The second-order valence-corrected chi connectivity index (χ2v) is 10.1. The van der Waals surface area contributed by atoms with Gasteiger partial charge in [-0.1, -0.05) is 6.07 Å². The van der Waals surface area contributed by atoms with Crippen LogP contribution in [-0.2, 0) is 22.4 Å². The van der Waals surface area contributed by atoms with Crippen molar-refractivity contribution in [2.45, 2.75) is 90.3 Å². The number of pyridine rings is 1. The zero-order chi connectivity index (χ0) is 25.9. The lowest BCUT2D eigenvalue weighted by Crippen LogP contribution is -2.51. The first-order chi connectivity index (χ1) is 17.4. The van der Waals surface area contributed by atoms with Crippen LogP contribution in [0.4, 0.5) is 10.6 Å². The van der Waals surface area contributed by atoms with Crippen LogP contribution in [0.1, 0.15) is 70.6 Å². The lowest BCUT2D eigenvalue weighted by atomic mass is 10.1. The Labute approximate surface area is 216 Å². The molecule has 3 N–H and O–H groups in total. The average molecular weight is 504 g/mol. The number of aliphatic carboxylic acids is 1. The number of carboxylic acids is 1. The number of hydrogen-bond donors (Lipinski definition) is 3. The van der Waals surface area contributed by atoms with Gasteiger partial charge in [0.25, 0.3) is 0 Å². The monoisotopic (exact) mass is 503 g/mol. The van der Waals surface area contributed by atoms with Crippen molar-refractivity contribution in [1.82, 2.24) is 20.1 Å². The zero-order valence-corrected chi connectivity index (χ0v) is 22.3. The molecular weight excluding hydrogens is 458 g/mol. The Morgan fingerprint density at radius 2 is 2.00 bits per heavy atom. The second kappa shape index (κ2) is 14.4. The molecule has 2 aliphatic rings. The lowest BCUT2D eigenvalue weighted by molar-refractivity contribution is -0.139. The molecule has 9 heteroatoms. The highest BCUT2D eigenvalue weighted by atomic mass is 16.5. The number of hydrogen-bond acceptors (Lipinski definition) is 6. The number of unbranched alkanes of at least 4 members (excludes halogenated alkanes) is 1. The number of anilines is 1. The van der Waals surface area contributed by atoms with E-state index in [1.54, 1.807) is 4.90 Å². The van der Waals surface area contributed by atoms with Crippen LogP contribution in [0.2, 0.25) is 0 Å². The zero-order valence-electron chi connectivity index (χ0n) is 22.3. The molecule has 9 nitrogen and oxygen atoms in total. The molecular formula is C27H45N5O4. The summed E-state index contributed by atoms with van der Waals surface area (Å²) in [7, 11) is 0. The first-order valence-corrected chi connectivity index (χ1v) is 13.7. The predicted octanol–water partition coefficient (Wildman–Crippen LogP) is 3.53. The van der Waals surface area contributed by atoms with Gasteiger partial charge in [-0.15, -0.1) is 0 Å². The largest absolute Gasteiger partial charge is 0.480 e. The molecule has 2 aliphatic heterocycles.